The van der Waals surface area contributed by atoms with Crippen LogP contribution in [0.3, 0.4) is 0 Å². The molecule has 1 aromatic rings. The molecular formula is C20H29NO5. The van der Waals surface area contributed by atoms with Crippen LogP contribution in [-0.4, -0.2) is 55.4 Å². The molecule has 2 saturated carbocycles. The molecule has 0 unspecified atom stereocenters. The summed E-state index contributed by atoms with van der Waals surface area (Å²) in [7, 11) is 1.77. The number of amides is 1. The van der Waals surface area contributed by atoms with Gasteiger partial charge in [0.25, 0.3) is 11.9 Å². The third-order valence-corrected chi connectivity index (χ3v) is 6.15. The molecule has 3 atom stereocenters. The van der Waals surface area contributed by atoms with Crippen LogP contribution in [0.15, 0.2) is 16.5 Å². The Balaban J connectivity index is 1.47. The van der Waals surface area contributed by atoms with E-state index in [9.17, 15) is 4.79 Å². The molecule has 26 heavy (non-hydrogen) atoms. The Labute approximate surface area is 154 Å². The molecule has 3 aliphatic rings. The molecule has 0 radical (unpaired) electrons. The van der Waals surface area contributed by atoms with Crippen LogP contribution in [0.5, 0.6) is 5.95 Å². The fourth-order valence-corrected chi connectivity index (χ4v) is 4.41. The topological polar surface area (TPSA) is 61.1 Å². The predicted octanol–water partition coefficient (Wildman–Crippen LogP) is 3.26. The number of hydrogen-bond acceptors (Lipinski definition) is 5. The van der Waals surface area contributed by atoms with Crippen LogP contribution in [0.4, 0.5) is 0 Å². The molecule has 0 N–H and O–H groups in total. The number of fused-ring (bicyclic) bond motifs is 1. The minimum absolute atomic E-state index is 0.0404. The summed E-state index contributed by atoms with van der Waals surface area (Å²) in [5, 5.41) is 0. The molecule has 0 spiro atoms. The van der Waals surface area contributed by atoms with E-state index in [2.05, 4.69) is 0 Å². The lowest BCUT2D eigenvalue weighted by atomic mass is 9.79. The van der Waals surface area contributed by atoms with Crippen molar-refractivity contribution in [3.8, 4) is 5.95 Å². The van der Waals surface area contributed by atoms with E-state index in [1.54, 1.807) is 19.2 Å². The van der Waals surface area contributed by atoms with E-state index >= 15 is 0 Å². The number of ether oxygens (including phenoxy) is 3. The van der Waals surface area contributed by atoms with Gasteiger partial charge in [0.15, 0.2) is 5.76 Å². The first kappa shape index (κ1) is 17.9. The number of furan rings is 1. The summed E-state index contributed by atoms with van der Waals surface area (Å²) in [5.74, 6) is 1.40. The van der Waals surface area contributed by atoms with Gasteiger partial charge in [0.05, 0.1) is 24.4 Å². The van der Waals surface area contributed by atoms with Gasteiger partial charge in [-0.3, -0.25) is 4.79 Å². The molecule has 6 nitrogen and oxygen atoms in total. The summed E-state index contributed by atoms with van der Waals surface area (Å²) >= 11 is 0. The van der Waals surface area contributed by atoms with Crippen LogP contribution in [0, 0.1) is 5.92 Å². The summed E-state index contributed by atoms with van der Waals surface area (Å²) in [4.78, 5) is 15.0. The van der Waals surface area contributed by atoms with E-state index in [4.69, 9.17) is 18.6 Å². The van der Waals surface area contributed by atoms with Crippen molar-refractivity contribution in [2.75, 3.05) is 26.9 Å². The lowest BCUT2D eigenvalue weighted by Crippen LogP contribution is -2.53. The number of hydrogen-bond donors (Lipinski definition) is 0. The van der Waals surface area contributed by atoms with Gasteiger partial charge in [0.2, 0.25) is 0 Å². The quantitative estimate of drug-likeness (QED) is 0.744. The van der Waals surface area contributed by atoms with Gasteiger partial charge in [0.1, 0.15) is 0 Å². The van der Waals surface area contributed by atoms with Crippen LogP contribution in [0.25, 0.3) is 0 Å². The van der Waals surface area contributed by atoms with Gasteiger partial charge in [-0.15, -0.1) is 0 Å². The Hall–Kier alpha value is -1.53. The summed E-state index contributed by atoms with van der Waals surface area (Å²) in [5.41, 5.74) is -0.246. The minimum atomic E-state index is -0.246. The summed E-state index contributed by atoms with van der Waals surface area (Å²) in [6, 6.07) is 3.45. The highest BCUT2D eigenvalue weighted by Gasteiger charge is 2.53. The molecule has 1 amide bonds. The Kier molecular flexibility index (Phi) is 4.97. The molecule has 0 aromatic carbocycles. The highest BCUT2D eigenvalue weighted by molar-refractivity contribution is 5.92. The fraction of sp³-hybridized carbons (Fsp3) is 0.750. The van der Waals surface area contributed by atoms with Gasteiger partial charge in [-0.25, -0.2) is 0 Å². The van der Waals surface area contributed by atoms with Crippen molar-refractivity contribution in [1.82, 2.24) is 4.90 Å². The maximum atomic E-state index is 13.0. The molecular weight excluding hydrogens is 334 g/mol. The average Bonchev–Trinajstić information content (AvgIpc) is 3.24. The number of carbonyl (C=O) groups excluding carboxylic acids is 1. The van der Waals surface area contributed by atoms with Crippen LogP contribution < -0.4 is 4.74 Å². The molecule has 1 saturated heterocycles. The first-order chi connectivity index (χ1) is 12.6. The second-order valence-corrected chi connectivity index (χ2v) is 7.76. The van der Waals surface area contributed by atoms with Gasteiger partial charge < -0.3 is 23.5 Å². The van der Waals surface area contributed by atoms with Crippen LogP contribution in [-0.2, 0) is 9.47 Å². The maximum Gasteiger partial charge on any atom is 0.290 e. The number of rotatable bonds is 7. The van der Waals surface area contributed by atoms with Gasteiger partial charge in [-0.2, -0.15) is 0 Å². The highest BCUT2D eigenvalue weighted by Crippen LogP contribution is 2.44. The average molecular weight is 363 g/mol. The summed E-state index contributed by atoms with van der Waals surface area (Å²) in [6.07, 6.45) is 6.46. The Morgan fingerprint density at radius 3 is 2.88 bits per heavy atom. The van der Waals surface area contributed by atoms with Gasteiger partial charge >= 0.3 is 0 Å². The second kappa shape index (κ2) is 7.24. The van der Waals surface area contributed by atoms with Crippen LogP contribution >= 0.6 is 0 Å². The molecule has 1 aliphatic heterocycles. The first-order valence-electron chi connectivity index (χ1n) is 9.85. The Bertz CT molecular complexity index is 640. The molecule has 2 heterocycles. The lowest BCUT2D eigenvalue weighted by molar-refractivity contribution is -0.0979. The predicted molar refractivity (Wildman–Crippen MR) is 95.4 cm³/mol. The second-order valence-electron chi connectivity index (χ2n) is 7.76. The zero-order valence-electron chi connectivity index (χ0n) is 15.7. The first-order valence-corrected chi connectivity index (χ1v) is 9.85. The van der Waals surface area contributed by atoms with Crippen molar-refractivity contribution in [3.63, 3.8) is 0 Å². The molecule has 4 rings (SSSR count). The Morgan fingerprint density at radius 1 is 1.31 bits per heavy atom. The Morgan fingerprint density at radius 2 is 2.15 bits per heavy atom. The number of carbonyl (C=O) groups is 1. The summed E-state index contributed by atoms with van der Waals surface area (Å²) in [6.45, 7) is 3.96. The van der Waals surface area contributed by atoms with E-state index in [1.807, 2.05) is 11.8 Å². The molecule has 0 bridgehead atoms. The highest BCUT2D eigenvalue weighted by atomic mass is 16.6. The number of methoxy groups -OCH3 is 1. The van der Waals surface area contributed by atoms with Crippen LogP contribution in [0.2, 0.25) is 0 Å². The van der Waals surface area contributed by atoms with Crippen molar-refractivity contribution in [3.05, 3.63) is 17.9 Å². The molecule has 144 valence electrons. The minimum Gasteiger partial charge on any atom is -0.465 e. The van der Waals surface area contributed by atoms with Crippen molar-refractivity contribution in [1.29, 1.82) is 0 Å². The standard InChI is InChI=1S/C20H29NO5/c1-3-24-18-7-6-16(26-18)19(22)21-11-10-20(23-2)9-8-15(12-17(20)21)25-13-14-4-5-14/h6-7,14-15,17H,3-5,8-13H2,1-2H3/t15-,17+,20-/m1/s1. The summed E-state index contributed by atoms with van der Waals surface area (Å²) < 4.78 is 23.0. The van der Waals surface area contributed by atoms with Crippen molar-refractivity contribution in [2.24, 2.45) is 5.92 Å². The SMILES string of the molecule is CCOc1ccc(C(=O)N2CC[C@]3(OC)CC[C@@H](OCC4CC4)C[C@H]23)o1. The van der Waals surface area contributed by atoms with Crippen LogP contribution in [0.1, 0.15) is 56.0 Å². The zero-order valence-corrected chi connectivity index (χ0v) is 15.7. The number of nitrogens with zero attached hydrogens (tertiary/aromatic N) is 1. The smallest absolute Gasteiger partial charge is 0.290 e. The monoisotopic (exact) mass is 363 g/mol. The maximum absolute atomic E-state index is 13.0. The van der Waals surface area contributed by atoms with E-state index < -0.39 is 0 Å². The lowest BCUT2D eigenvalue weighted by Gasteiger charge is -2.43. The van der Waals surface area contributed by atoms with E-state index in [-0.39, 0.29) is 23.7 Å². The molecule has 3 fully saturated rings. The molecule has 1 aromatic heterocycles. The normalized spacial score (nSPS) is 31.1. The van der Waals surface area contributed by atoms with Crippen molar-refractivity contribution >= 4 is 5.91 Å². The largest absolute Gasteiger partial charge is 0.465 e. The zero-order chi connectivity index (χ0) is 18.1. The fourth-order valence-electron chi connectivity index (χ4n) is 4.41. The van der Waals surface area contributed by atoms with E-state index in [0.717, 1.165) is 38.2 Å². The molecule has 2 aliphatic carbocycles. The van der Waals surface area contributed by atoms with Crippen molar-refractivity contribution < 1.29 is 23.4 Å². The third kappa shape index (κ3) is 3.37. The number of likely N-dealkylation sites (tertiary alicyclic amines) is 1. The van der Waals surface area contributed by atoms with E-state index in [0.29, 0.717) is 24.9 Å². The third-order valence-electron chi connectivity index (χ3n) is 6.15. The van der Waals surface area contributed by atoms with Gasteiger partial charge in [0, 0.05) is 26.3 Å². The molecule has 6 heteroatoms. The van der Waals surface area contributed by atoms with Crippen molar-refractivity contribution in [2.45, 2.75) is 63.2 Å². The van der Waals surface area contributed by atoms with Gasteiger partial charge in [-0.05, 0) is 57.4 Å². The van der Waals surface area contributed by atoms with E-state index in [1.165, 1.54) is 12.8 Å². The van der Waals surface area contributed by atoms with Gasteiger partial charge in [-0.1, -0.05) is 0 Å².